The molecule has 1 fully saturated rings. The summed E-state index contributed by atoms with van der Waals surface area (Å²) in [7, 11) is 1.12. The smallest absolute Gasteiger partial charge is 0.427 e. The molecule has 2 aromatic carbocycles. The molecule has 3 atom stereocenters. The minimum absolute atomic E-state index is 0.0286. The Labute approximate surface area is 218 Å². The van der Waals surface area contributed by atoms with Gasteiger partial charge in [0.25, 0.3) is 0 Å². The Kier molecular flexibility index (Phi) is 9.40. The maximum atomic E-state index is 13.6. The molecule has 3 N–H and O–H groups in total. The number of nitrogens with one attached hydrogen (secondary N) is 1. The summed E-state index contributed by atoms with van der Waals surface area (Å²) in [5, 5.41) is 3.70. The van der Waals surface area contributed by atoms with Crippen molar-refractivity contribution in [3.8, 4) is 0 Å². The van der Waals surface area contributed by atoms with Crippen LogP contribution in [0.2, 0.25) is 0 Å². The SMILES string of the molecule is COC(=O)N/N=C(\N)CN1CCO[C@H](OC(C)c2cc(C(F)(F)F)cc(C(F)(F)F)c2)[C@@H]1c1ccc(F)cc1. The van der Waals surface area contributed by atoms with Crippen LogP contribution in [0.25, 0.3) is 0 Å². The van der Waals surface area contributed by atoms with Crippen LogP contribution in [0.3, 0.4) is 0 Å². The largest absolute Gasteiger partial charge is 0.452 e. The molecule has 15 heteroatoms. The molecule has 8 nitrogen and oxygen atoms in total. The van der Waals surface area contributed by atoms with Crippen molar-refractivity contribution < 1.29 is 49.7 Å². The monoisotopic (exact) mass is 566 g/mol. The Morgan fingerprint density at radius 2 is 1.72 bits per heavy atom. The lowest BCUT2D eigenvalue weighted by Gasteiger charge is -2.41. The van der Waals surface area contributed by atoms with Gasteiger partial charge < -0.3 is 19.9 Å². The number of hydrazone groups is 1. The topological polar surface area (TPSA) is 98.4 Å². The van der Waals surface area contributed by atoms with Crippen LogP contribution in [-0.4, -0.2) is 49.9 Å². The summed E-state index contributed by atoms with van der Waals surface area (Å²) in [4.78, 5) is 13.0. The van der Waals surface area contributed by atoms with E-state index < -0.39 is 53.8 Å². The van der Waals surface area contributed by atoms with E-state index in [1.807, 2.05) is 0 Å². The maximum Gasteiger partial charge on any atom is 0.427 e. The fraction of sp³-hybridized carbons (Fsp3) is 0.417. The molecule has 2 aromatic rings. The standard InChI is InChI=1S/C24H25F7N4O4/c1-13(15-9-16(23(26,27)28)11-17(10-15)24(29,30)31)39-21-20(14-3-5-18(25)6-4-14)35(7-8-38-21)12-19(32)33-34-22(36)37-2/h3-6,9-11,13,20-21H,7-8,12H2,1-2H3,(H2,32,33)(H,34,36)/t13?,20-,21+/m0/s1. The normalized spacial score (nSPS) is 20.0. The third-order valence-electron chi connectivity index (χ3n) is 5.78. The number of amidine groups is 1. The first kappa shape index (κ1) is 30.1. The summed E-state index contributed by atoms with van der Waals surface area (Å²) in [6, 6.07) is 5.54. The third-order valence-corrected chi connectivity index (χ3v) is 5.78. The van der Waals surface area contributed by atoms with Crippen LogP contribution in [0, 0.1) is 5.82 Å². The number of ether oxygens (including phenoxy) is 3. The molecule has 0 radical (unpaired) electrons. The van der Waals surface area contributed by atoms with Crippen molar-refractivity contribution in [1.82, 2.24) is 10.3 Å². The van der Waals surface area contributed by atoms with E-state index >= 15 is 0 Å². The lowest BCUT2D eigenvalue weighted by Crippen LogP contribution is -2.49. The molecule has 0 bridgehead atoms. The highest BCUT2D eigenvalue weighted by Crippen LogP contribution is 2.39. The van der Waals surface area contributed by atoms with E-state index in [0.29, 0.717) is 17.7 Å². The summed E-state index contributed by atoms with van der Waals surface area (Å²) in [5.41, 5.74) is 5.09. The highest BCUT2D eigenvalue weighted by Gasteiger charge is 2.39. The second-order valence-electron chi connectivity index (χ2n) is 8.53. The van der Waals surface area contributed by atoms with Crippen LogP contribution >= 0.6 is 0 Å². The number of alkyl halides is 6. The lowest BCUT2D eigenvalue weighted by molar-refractivity contribution is -0.227. The molecule has 39 heavy (non-hydrogen) atoms. The number of hydrogen-bond acceptors (Lipinski definition) is 6. The van der Waals surface area contributed by atoms with Crippen molar-refractivity contribution in [2.75, 3.05) is 26.8 Å². The van der Waals surface area contributed by atoms with Crippen LogP contribution in [0.4, 0.5) is 35.5 Å². The predicted molar refractivity (Wildman–Crippen MR) is 124 cm³/mol. The molecule has 3 rings (SSSR count). The average molecular weight is 566 g/mol. The number of benzene rings is 2. The minimum Gasteiger partial charge on any atom is -0.452 e. The first-order chi connectivity index (χ1) is 18.2. The zero-order valence-electron chi connectivity index (χ0n) is 20.6. The van der Waals surface area contributed by atoms with Crippen LogP contribution in [0.1, 0.15) is 41.3 Å². The van der Waals surface area contributed by atoms with E-state index in [9.17, 15) is 35.5 Å². The third kappa shape index (κ3) is 8.03. The number of nitrogens with two attached hydrogens (primary N) is 1. The molecule has 1 saturated heterocycles. The molecule has 1 amide bonds. The van der Waals surface area contributed by atoms with Crippen molar-refractivity contribution in [1.29, 1.82) is 0 Å². The first-order valence-corrected chi connectivity index (χ1v) is 11.4. The molecule has 1 aliphatic rings. The fourth-order valence-corrected chi connectivity index (χ4v) is 3.91. The van der Waals surface area contributed by atoms with Crippen molar-refractivity contribution in [3.05, 3.63) is 70.5 Å². The number of carbonyl (C=O) groups excluding carboxylic acids is 1. The van der Waals surface area contributed by atoms with E-state index in [4.69, 9.17) is 15.2 Å². The van der Waals surface area contributed by atoms with Crippen molar-refractivity contribution in [2.45, 2.75) is 37.7 Å². The summed E-state index contributed by atoms with van der Waals surface area (Å²) >= 11 is 0. The zero-order valence-corrected chi connectivity index (χ0v) is 20.6. The van der Waals surface area contributed by atoms with Gasteiger partial charge in [-0.2, -0.15) is 31.4 Å². The van der Waals surface area contributed by atoms with Crippen molar-refractivity contribution in [2.24, 2.45) is 10.8 Å². The molecule has 1 heterocycles. The summed E-state index contributed by atoms with van der Waals surface area (Å²) in [6.07, 6.45) is -13.4. The van der Waals surface area contributed by atoms with Gasteiger partial charge in [0.15, 0.2) is 6.29 Å². The van der Waals surface area contributed by atoms with Crippen LogP contribution < -0.4 is 11.2 Å². The van der Waals surface area contributed by atoms with Crippen molar-refractivity contribution in [3.63, 3.8) is 0 Å². The van der Waals surface area contributed by atoms with Gasteiger partial charge in [0.1, 0.15) is 11.7 Å². The van der Waals surface area contributed by atoms with Gasteiger partial charge in [-0.05, 0) is 48.4 Å². The molecule has 0 spiro atoms. The average Bonchev–Trinajstić information content (AvgIpc) is 2.87. The Bertz CT molecular complexity index is 1140. The molecular formula is C24H25F7N4O4. The fourth-order valence-electron chi connectivity index (χ4n) is 3.91. The second kappa shape index (κ2) is 12.2. The highest BCUT2D eigenvalue weighted by molar-refractivity contribution is 5.83. The number of methoxy groups -OCH3 is 1. The molecule has 0 saturated carbocycles. The van der Waals surface area contributed by atoms with Crippen LogP contribution in [0.5, 0.6) is 0 Å². The van der Waals surface area contributed by atoms with E-state index in [1.165, 1.54) is 31.2 Å². The maximum absolute atomic E-state index is 13.6. The van der Waals surface area contributed by atoms with Gasteiger partial charge >= 0.3 is 18.4 Å². The molecule has 1 unspecified atom stereocenters. The lowest BCUT2D eigenvalue weighted by atomic mass is 10.0. The number of halogens is 7. The molecule has 0 aliphatic carbocycles. The number of nitrogens with zero attached hydrogens (tertiary/aromatic N) is 2. The van der Waals surface area contributed by atoms with Crippen molar-refractivity contribution >= 4 is 11.9 Å². The summed E-state index contributed by atoms with van der Waals surface area (Å²) in [6.45, 7) is 1.51. The Morgan fingerprint density at radius 3 is 2.26 bits per heavy atom. The number of rotatable bonds is 7. The Balaban J connectivity index is 1.93. The van der Waals surface area contributed by atoms with E-state index in [2.05, 4.69) is 15.3 Å². The van der Waals surface area contributed by atoms with Gasteiger partial charge in [-0.3, -0.25) is 4.90 Å². The van der Waals surface area contributed by atoms with E-state index in [0.717, 1.165) is 7.11 Å². The van der Waals surface area contributed by atoms with E-state index in [1.54, 1.807) is 4.90 Å². The summed E-state index contributed by atoms with van der Waals surface area (Å²) in [5.74, 6) is -0.603. The van der Waals surface area contributed by atoms with E-state index in [-0.39, 0.29) is 37.2 Å². The quantitative estimate of drug-likeness (QED) is 0.213. The van der Waals surface area contributed by atoms with Gasteiger partial charge in [-0.15, -0.1) is 0 Å². The Hall–Kier alpha value is -3.43. The zero-order chi connectivity index (χ0) is 29.0. The minimum atomic E-state index is -5.03. The first-order valence-electron chi connectivity index (χ1n) is 11.4. The molecular weight excluding hydrogens is 541 g/mol. The van der Waals surface area contributed by atoms with Gasteiger partial charge in [-0.1, -0.05) is 12.1 Å². The van der Waals surface area contributed by atoms with Gasteiger partial charge in [0, 0.05) is 6.54 Å². The number of carbonyl (C=O) groups is 1. The Morgan fingerprint density at radius 1 is 1.13 bits per heavy atom. The van der Waals surface area contributed by atoms with Gasteiger partial charge in [0.05, 0.1) is 43.5 Å². The predicted octanol–water partition coefficient (Wildman–Crippen LogP) is 4.97. The molecule has 1 aliphatic heterocycles. The molecule has 214 valence electrons. The second-order valence-corrected chi connectivity index (χ2v) is 8.53. The number of amides is 1. The number of hydrogen-bond donors (Lipinski definition) is 2. The number of morpholine rings is 1. The van der Waals surface area contributed by atoms with Gasteiger partial charge in [-0.25, -0.2) is 14.6 Å². The molecule has 0 aromatic heterocycles. The highest BCUT2D eigenvalue weighted by atomic mass is 19.4. The summed E-state index contributed by atoms with van der Waals surface area (Å²) < 4.78 is 110. The van der Waals surface area contributed by atoms with Crippen LogP contribution in [0.15, 0.2) is 47.6 Å². The van der Waals surface area contributed by atoms with Gasteiger partial charge in [0.2, 0.25) is 0 Å². The van der Waals surface area contributed by atoms with Crippen LogP contribution in [-0.2, 0) is 26.6 Å².